The molecule has 3 aliphatic heterocycles. The minimum atomic E-state index is -1.64. The van der Waals surface area contributed by atoms with Crippen LogP contribution in [-0.4, -0.2) is 95.5 Å². The molecule has 7 atom stereocenters. The first-order valence-corrected chi connectivity index (χ1v) is 18.8. The maximum absolute atomic E-state index is 14.2. The van der Waals surface area contributed by atoms with Crippen LogP contribution in [0.1, 0.15) is 86.6 Å². The number of carbonyl (C=O) groups is 4. The molecule has 0 spiro atoms. The van der Waals surface area contributed by atoms with Gasteiger partial charge in [-0.2, -0.15) is 12.6 Å². The summed E-state index contributed by atoms with van der Waals surface area (Å²) in [5, 5.41) is 14.6. The highest BCUT2D eigenvalue weighted by Crippen LogP contribution is 2.54. The number of thiol groups is 1. The van der Waals surface area contributed by atoms with Gasteiger partial charge in [0.15, 0.2) is 0 Å². The zero-order valence-electron chi connectivity index (χ0n) is 32.7. The Balaban J connectivity index is 1.76. The lowest BCUT2D eigenvalue weighted by Crippen LogP contribution is -2.62. The third kappa shape index (κ3) is 9.52. The number of fused-ring (bicyclic) bond motifs is 5. The molecule has 3 amide bonds. The van der Waals surface area contributed by atoms with Gasteiger partial charge in [0.05, 0.1) is 25.3 Å². The van der Waals surface area contributed by atoms with Crippen molar-refractivity contribution in [1.82, 2.24) is 10.2 Å². The van der Waals surface area contributed by atoms with Crippen molar-refractivity contribution < 1.29 is 43.2 Å². The average molecular weight is 778 g/mol. The molecule has 2 N–H and O–H groups in total. The molecule has 2 fully saturated rings. The van der Waals surface area contributed by atoms with Gasteiger partial charge < -0.3 is 33.9 Å². The van der Waals surface area contributed by atoms with Crippen LogP contribution < -0.4 is 15.0 Å². The largest absolute Gasteiger partial charge is 0.495 e. The Morgan fingerprint density at radius 3 is 2.53 bits per heavy atom. The number of amides is 3. The predicted molar refractivity (Wildman–Crippen MR) is 206 cm³/mol. The molecule has 3 heterocycles. The fourth-order valence-corrected chi connectivity index (χ4v) is 7.43. The molecule has 12 nitrogen and oxygen atoms in total. The molecule has 3 aliphatic rings. The van der Waals surface area contributed by atoms with E-state index in [4.69, 9.17) is 30.5 Å². The number of methoxy groups -OCH3 is 1. The molecule has 0 aliphatic carbocycles. The first-order chi connectivity index (χ1) is 24.4. The summed E-state index contributed by atoms with van der Waals surface area (Å²) >= 11 is 11.3. The van der Waals surface area contributed by atoms with Crippen LogP contribution in [0, 0.1) is 11.3 Å². The van der Waals surface area contributed by atoms with E-state index in [-0.39, 0.29) is 34.9 Å². The molecule has 7 unspecified atom stereocenters. The van der Waals surface area contributed by atoms with E-state index in [0.29, 0.717) is 24.3 Å². The van der Waals surface area contributed by atoms with Crippen molar-refractivity contribution in [3.8, 4) is 5.75 Å². The molecule has 0 saturated carbocycles. The fourth-order valence-electron chi connectivity index (χ4n) is 7.00. The van der Waals surface area contributed by atoms with Crippen molar-refractivity contribution >= 4 is 53.8 Å². The van der Waals surface area contributed by atoms with Crippen LogP contribution in [0.4, 0.5) is 10.5 Å². The summed E-state index contributed by atoms with van der Waals surface area (Å²) in [6.07, 6.45) is 3.10. The van der Waals surface area contributed by atoms with Crippen molar-refractivity contribution in [2.75, 3.05) is 26.1 Å². The number of epoxide rings is 1. The number of aliphatic hydroxyl groups is 1. The number of hydrogen-bond donors (Lipinski definition) is 3. The average Bonchev–Trinajstić information content (AvgIpc) is 3.78. The van der Waals surface area contributed by atoms with Crippen LogP contribution >= 0.6 is 24.2 Å². The Bertz CT molecular complexity index is 1660. The minimum Gasteiger partial charge on any atom is -0.495 e. The summed E-state index contributed by atoms with van der Waals surface area (Å²) in [4.78, 5) is 56.7. The Hall–Kier alpha value is -3.26. The Morgan fingerprint density at radius 2 is 1.91 bits per heavy atom. The smallest absolute Gasteiger partial charge is 0.409 e. The van der Waals surface area contributed by atoms with Gasteiger partial charge in [0.2, 0.25) is 11.8 Å². The lowest BCUT2D eigenvalue weighted by molar-refractivity contribution is -0.162. The van der Waals surface area contributed by atoms with Crippen LogP contribution in [-0.2, 0) is 35.0 Å². The van der Waals surface area contributed by atoms with E-state index in [2.05, 4.69) is 17.9 Å². The molecule has 1 aromatic rings. The molecular weight excluding hydrogens is 722 g/mol. The van der Waals surface area contributed by atoms with Crippen LogP contribution in [0.3, 0.4) is 0 Å². The van der Waals surface area contributed by atoms with E-state index in [9.17, 15) is 24.3 Å². The Morgan fingerprint density at radius 1 is 1.25 bits per heavy atom. The highest BCUT2D eigenvalue weighted by atomic mass is 35.5. The van der Waals surface area contributed by atoms with Gasteiger partial charge in [-0.1, -0.05) is 70.0 Å². The van der Waals surface area contributed by atoms with Crippen LogP contribution in [0.25, 0.3) is 0 Å². The quantitative estimate of drug-likeness (QED) is 0.172. The Kier molecular flexibility index (Phi) is 12.7. The van der Waals surface area contributed by atoms with E-state index in [0.717, 1.165) is 11.1 Å². The summed E-state index contributed by atoms with van der Waals surface area (Å²) in [7, 11) is 4.62. The normalized spacial score (nSPS) is 31.1. The standard InChI is InChI=1S/C39H56ClN3O9S/c1-22-13-12-14-23(2)39(48)21-29(51-35(47)41-39)37(6,7)34-38(8,52-34)28(50-33(46)24(3)42(9)30(44)15-16-36(4,5)53)20-31(45)43(10)26-18-25(17-22)19-27(49-11)32(26)40/h12-14,18-19,23-24,28-29,34,48,53H,15-17,20-21H2,1-11H3,(H,41,47)/b14-12+,22-13+. The van der Waals surface area contributed by atoms with Crippen LogP contribution in [0.2, 0.25) is 5.02 Å². The number of likely N-dealkylation sites (N-methyl/N-ethyl adjacent to an activating group) is 1. The second-order valence-electron chi connectivity index (χ2n) is 16.2. The monoisotopic (exact) mass is 777 g/mol. The highest BCUT2D eigenvalue weighted by Gasteiger charge is 2.68. The van der Waals surface area contributed by atoms with Crippen molar-refractivity contribution in [2.24, 2.45) is 11.3 Å². The van der Waals surface area contributed by atoms with Crippen molar-refractivity contribution in [2.45, 2.75) is 128 Å². The molecule has 0 radical (unpaired) electrons. The van der Waals surface area contributed by atoms with Gasteiger partial charge in [0.25, 0.3) is 0 Å². The van der Waals surface area contributed by atoms with Gasteiger partial charge in [-0.05, 0) is 51.3 Å². The lowest BCUT2D eigenvalue weighted by atomic mass is 9.72. The number of anilines is 1. The molecule has 14 heteroatoms. The molecule has 4 rings (SSSR count). The number of alkyl carbamates (subject to hydrolysis) is 1. The number of ether oxygens (including phenoxy) is 4. The van der Waals surface area contributed by atoms with Gasteiger partial charge in [-0.15, -0.1) is 0 Å². The third-order valence-electron chi connectivity index (χ3n) is 11.0. The number of hydrogen-bond acceptors (Lipinski definition) is 10. The van der Waals surface area contributed by atoms with E-state index in [1.54, 1.807) is 20.9 Å². The fraction of sp³-hybridized carbons (Fsp3) is 0.641. The summed E-state index contributed by atoms with van der Waals surface area (Å²) in [5.74, 6) is -1.51. The molecule has 0 aromatic heterocycles. The third-order valence-corrected chi connectivity index (χ3v) is 11.6. The lowest BCUT2D eigenvalue weighted by Gasteiger charge is -2.45. The van der Waals surface area contributed by atoms with Gasteiger partial charge in [-0.3, -0.25) is 14.9 Å². The molecule has 53 heavy (non-hydrogen) atoms. The molecule has 294 valence electrons. The first-order valence-electron chi connectivity index (χ1n) is 18.0. The number of allylic oxidation sites excluding steroid dienone is 3. The summed E-state index contributed by atoms with van der Waals surface area (Å²) in [6.45, 7) is 14.6. The number of carbonyl (C=O) groups excluding carboxylic acids is 4. The second-order valence-corrected chi connectivity index (χ2v) is 17.8. The molecule has 2 saturated heterocycles. The number of nitrogens with one attached hydrogen (secondary N) is 1. The first kappa shape index (κ1) is 42.5. The SMILES string of the molecule is COc1cc2cc(c1Cl)N(C)C(=O)CC(OC(=O)C(C)N(C)C(=O)CCC(C)(C)S)C1(C)OC1C(C)(C)C1CC(O)(NC(=O)O1)C(C)/C=C/C=C(\C)C2. The number of nitrogens with zero attached hydrogens (tertiary/aromatic N) is 2. The molecule has 1 aromatic carbocycles. The molecule has 4 bridgehead atoms. The van der Waals surface area contributed by atoms with Crippen LogP contribution in [0.5, 0.6) is 5.75 Å². The summed E-state index contributed by atoms with van der Waals surface area (Å²) < 4.78 is 23.5. The number of rotatable bonds is 7. The van der Waals surface area contributed by atoms with E-state index < -0.39 is 65.0 Å². The van der Waals surface area contributed by atoms with E-state index in [1.165, 1.54) is 24.0 Å². The molecular formula is C39H56ClN3O9S. The van der Waals surface area contributed by atoms with Gasteiger partial charge in [-0.25, -0.2) is 9.59 Å². The zero-order chi connectivity index (χ0) is 39.8. The summed E-state index contributed by atoms with van der Waals surface area (Å²) in [6, 6.07) is 2.64. The number of esters is 1. The van der Waals surface area contributed by atoms with Crippen molar-refractivity contribution in [3.63, 3.8) is 0 Å². The minimum absolute atomic E-state index is 0.0408. The number of halogens is 1. The van der Waals surface area contributed by atoms with Gasteiger partial charge >= 0.3 is 12.1 Å². The summed E-state index contributed by atoms with van der Waals surface area (Å²) in [5.41, 5.74) is -1.57. The number of benzene rings is 1. The highest BCUT2D eigenvalue weighted by molar-refractivity contribution is 7.81. The zero-order valence-corrected chi connectivity index (χ0v) is 34.4. The van der Waals surface area contributed by atoms with E-state index >= 15 is 0 Å². The van der Waals surface area contributed by atoms with Crippen LogP contribution in [0.15, 0.2) is 35.9 Å². The Labute approximate surface area is 324 Å². The topological polar surface area (TPSA) is 147 Å². The second kappa shape index (κ2) is 15.8. The van der Waals surface area contributed by atoms with E-state index in [1.807, 2.05) is 71.9 Å². The van der Waals surface area contributed by atoms with Crippen molar-refractivity contribution in [3.05, 3.63) is 46.5 Å². The van der Waals surface area contributed by atoms with Gasteiger partial charge in [0.1, 0.15) is 40.3 Å². The van der Waals surface area contributed by atoms with Gasteiger partial charge in [0, 0.05) is 43.0 Å². The van der Waals surface area contributed by atoms with Crippen molar-refractivity contribution in [1.29, 1.82) is 0 Å². The predicted octanol–water partition coefficient (Wildman–Crippen LogP) is 6.01. The maximum Gasteiger partial charge on any atom is 0.409 e. The maximum atomic E-state index is 14.2.